The highest BCUT2D eigenvalue weighted by molar-refractivity contribution is 7.09. The molecule has 0 bridgehead atoms. The fourth-order valence-corrected chi connectivity index (χ4v) is 3.83. The van der Waals surface area contributed by atoms with Gasteiger partial charge in [0.1, 0.15) is 0 Å². The van der Waals surface area contributed by atoms with Crippen LogP contribution in [0, 0.1) is 0 Å². The highest BCUT2D eigenvalue weighted by Gasteiger charge is 2.25. The molecule has 0 spiro atoms. The summed E-state index contributed by atoms with van der Waals surface area (Å²) in [5.41, 5.74) is 2.26. The number of nitrogens with one attached hydrogen (secondary N) is 1. The minimum Gasteiger partial charge on any atom is -0.339 e. The van der Waals surface area contributed by atoms with Gasteiger partial charge in [0.25, 0.3) is 0 Å². The molecule has 2 aromatic heterocycles. The van der Waals surface area contributed by atoms with E-state index < -0.39 is 0 Å². The third-order valence-corrected chi connectivity index (χ3v) is 5.32. The van der Waals surface area contributed by atoms with Gasteiger partial charge in [0.05, 0.1) is 23.2 Å². The average molecular weight is 392 g/mol. The van der Waals surface area contributed by atoms with E-state index in [1.165, 1.54) is 5.56 Å². The lowest BCUT2D eigenvalue weighted by atomic mass is 10.2. The van der Waals surface area contributed by atoms with Crippen LogP contribution in [0.25, 0.3) is 0 Å². The molecule has 1 atom stereocenters. The summed E-state index contributed by atoms with van der Waals surface area (Å²) in [6.07, 6.45) is 1.45. The van der Waals surface area contributed by atoms with Crippen molar-refractivity contribution >= 4 is 23.7 Å². The molecule has 1 saturated heterocycles. The topological polar surface area (TPSA) is 67.1 Å². The molecular formula is C18H22ClN5OS. The highest BCUT2D eigenvalue weighted by Crippen LogP contribution is 2.20. The molecule has 0 radical (unpaired) electrons. The summed E-state index contributed by atoms with van der Waals surface area (Å²) in [5.74, 6) is 1.38. The van der Waals surface area contributed by atoms with Crippen LogP contribution in [0.5, 0.6) is 0 Å². The van der Waals surface area contributed by atoms with Gasteiger partial charge in [0.15, 0.2) is 5.82 Å². The van der Waals surface area contributed by atoms with Crippen LogP contribution < -0.4 is 5.32 Å². The molecule has 4 rings (SSSR count). The third-order valence-electron chi connectivity index (χ3n) is 4.42. The molecule has 26 heavy (non-hydrogen) atoms. The fraction of sp³-hybridized carbons (Fsp3) is 0.389. The van der Waals surface area contributed by atoms with Crippen LogP contribution in [-0.2, 0) is 12.8 Å². The molecule has 1 N–H and O–H groups in total. The van der Waals surface area contributed by atoms with Crippen LogP contribution in [-0.4, -0.2) is 46.7 Å². The summed E-state index contributed by atoms with van der Waals surface area (Å²) in [4.78, 5) is 11.5. The Kier molecular flexibility index (Phi) is 6.37. The maximum atomic E-state index is 5.45. The van der Waals surface area contributed by atoms with Crippen LogP contribution in [0.15, 0.2) is 40.2 Å². The van der Waals surface area contributed by atoms with Crippen molar-refractivity contribution in [3.8, 4) is 0 Å². The smallest absolute Gasteiger partial charge is 0.232 e. The SMILES string of the molecule is CN1CCNCC1c1noc(Cc2csc(Cc3ccccc3)n2)n1.Cl. The molecule has 0 amide bonds. The van der Waals surface area contributed by atoms with Crippen molar-refractivity contribution in [3.05, 3.63) is 63.7 Å². The first-order valence-corrected chi connectivity index (χ1v) is 9.36. The first-order chi connectivity index (χ1) is 12.3. The average Bonchev–Trinajstić information content (AvgIpc) is 3.26. The van der Waals surface area contributed by atoms with Crippen molar-refractivity contribution in [3.63, 3.8) is 0 Å². The summed E-state index contributed by atoms with van der Waals surface area (Å²) in [6.45, 7) is 2.84. The Morgan fingerprint density at radius 1 is 1.23 bits per heavy atom. The van der Waals surface area contributed by atoms with Crippen LogP contribution in [0.1, 0.15) is 34.0 Å². The Bertz CT molecular complexity index is 822. The van der Waals surface area contributed by atoms with Gasteiger partial charge in [-0.3, -0.25) is 4.90 Å². The Morgan fingerprint density at radius 2 is 2.08 bits per heavy atom. The minimum absolute atomic E-state index is 0. The first kappa shape index (κ1) is 19.0. The van der Waals surface area contributed by atoms with Crippen LogP contribution in [0.4, 0.5) is 0 Å². The predicted molar refractivity (Wildman–Crippen MR) is 104 cm³/mol. The molecule has 1 aliphatic rings. The number of hydrogen-bond acceptors (Lipinski definition) is 7. The van der Waals surface area contributed by atoms with E-state index in [9.17, 15) is 0 Å². The van der Waals surface area contributed by atoms with E-state index in [0.29, 0.717) is 12.3 Å². The van der Waals surface area contributed by atoms with Gasteiger partial charge in [-0.25, -0.2) is 4.98 Å². The van der Waals surface area contributed by atoms with Crippen molar-refractivity contribution in [2.75, 3.05) is 26.7 Å². The first-order valence-electron chi connectivity index (χ1n) is 8.48. The standard InChI is InChI=1S/C18H21N5OS.ClH/c1-23-8-7-19-11-15(23)18-21-16(24-22-18)10-14-12-25-17(20-14)9-13-5-3-2-4-6-13;/h2-6,12,15,19H,7-11H2,1H3;1H. The summed E-state index contributed by atoms with van der Waals surface area (Å²) < 4.78 is 5.45. The molecule has 8 heteroatoms. The van der Waals surface area contributed by atoms with E-state index >= 15 is 0 Å². The maximum Gasteiger partial charge on any atom is 0.232 e. The second-order valence-corrected chi connectivity index (χ2v) is 7.26. The van der Waals surface area contributed by atoms with E-state index in [0.717, 1.165) is 42.6 Å². The van der Waals surface area contributed by atoms with Crippen molar-refractivity contribution in [1.29, 1.82) is 0 Å². The Morgan fingerprint density at radius 3 is 2.88 bits per heavy atom. The number of thiazole rings is 1. The lowest BCUT2D eigenvalue weighted by Crippen LogP contribution is -2.44. The summed E-state index contributed by atoms with van der Waals surface area (Å²) in [6, 6.07) is 10.6. The van der Waals surface area contributed by atoms with Crippen LogP contribution >= 0.6 is 23.7 Å². The lowest BCUT2D eigenvalue weighted by Gasteiger charge is -2.30. The maximum absolute atomic E-state index is 5.45. The van der Waals surface area contributed by atoms with E-state index in [1.807, 2.05) is 6.07 Å². The largest absolute Gasteiger partial charge is 0.339 e. The Labute approximate surface area is 163 Å². The number of hydrogen-bond donors (Lipinski definition) is 1. The van der Waals surface area contributed by atoms with Gasteiger partial charge in [-0.15, -0.1) is 23.7 Å². The molecule has 3 heterocycles. The van der Waals surface area contributed by atoms with Gasteiger partial charge in [0.2, 0.25) is 5.89 Å². The van der Waals surface area contributed by atoms with Crippen molar-refractivity contribution in [1.82, 2.24) is 25.3 Å². The second kappa shape index (κ2) is 8.73. The Balaban J connectivity index is 0.00000196. The number of aromatic nitrogens is 3. The van der Waals surface area contributed by atoms with Crippen LogP contribution in [0.2, 0.25) is 0 Å². The molecule has 6 nitrogen and oxygen atoms in total. The van der Waals surface area contributed by atoms with Gasteiger partial charge in [-0.2, -0.15) is 4.98 Å². The summed E-state index contributed by atoms with van der Waals surface area (Å²) in [5, 5.41) is 10.7. The van der Waals surface area contributed by atoms with Crippen molar-refractivity contribution < 1.29 is 4.52 Å². The van der Waals surface area contributed by atoms with Gasteiger partial charge in [-0.05, 0) is 12.6 Å². The highest BCUT2D eigenvalue weighted by atomic mass is 35.5. The number of likely N-dealkylation sites (N-methyl/N-ethyl adjacent to an activating group) is 1. The Hall–Kier alpha value is -1.80. The number of piperazine rings is 1. The van der Waals surface area contributed by atoms with E-state index in [4.69, 9.17) is 9.51 Å². The lowest BCUT2D eigenvalue weighted by molar-refractivity contribution is 0.190. The molecule has 1 aromatic carbocycles. The zero-order valence-electron chi connectivity index (χ0n) is 14.6. The van der Waals surface area contributed by atoms with Gasteiger partial charge in [-0.1, -0.05) is 35.5 Å². The molecular weight excluding hydrogens is 370 g/mol. The summed E-state index contributed by atoms with van der Waals surface area (Å²) in [7, 11) is 2.10. The summed E-state index contributed by atoms with van der Waals surface area (Å²) >= 11 is 1.68. The third kappa shape index (κ3) is 4.48. The number of nitrogens with zero attached hydrogens (tertiary/aromatic N) is 4. The van der Waals surface area contributed by atoms with Gasteiger partial charge in [0, 0.05) is 31.4 Å². The molecule has 1 aliphatic heterocycles. The quantitative estimate of drug-likeness (QED) is 0.721. The zero-order valence-corrected chi connectivity index (χ0v) is 16.2. The molecule has 1 unspecified atom stereocenters. The molecule has 0 saturated carbocycles. The predicted octanol–water partition coefficient (Wildman–Crippen LogP) is 2.71. The minimum atomic E-state index is 0. The monoisotopic (exact) mass is 391 g/mol. The fourth-order valence-electron chi connectivity index (χ4n) is 3.01. The zero-order chi connectivity index (χ0) is 17.1. The van der Waals surface area contributed by atoms with Crippen LogP contribution in [0.3, 0.4) is 0 Å². The van der Waals surface area contributed by atoms with Crippen molar-refractivity contribution in [2.24, 2.45) is 0 Å². The van der Waals surface area contributed by atoms with Crippen molar-refractivity contribution in [2.45, 2.75) is 18.9 Å². The second-order valence-electron chi connectivity index (χ2n) is 6.32. The molecule has 1 fully saturated rings. The number of rotatable bonds is 5. The molecule has 3 aromatic rings. The van der Waals surface area contributed by atoms with Gasteiger partial charge < -0.3 is 9.84 Å². The van der Waals surface area contributed by atoms with E-state index in [2.05, 4.69) is 57.1 Å². The van der Waals surface area contributed by atoms with E-state index in [-0.39, 0.29) is 18.4 Å². The molecule has 138 valence electrons. The number of benzene rings is 1. The number of halogens is 1. The molecule has 0 aliphatic carbocycles. The normalized spacial score (nSPS) is 17.8. The van der Waals surface area contributed by atoms with E-state index in [1.54, 1.807) is 11.3 Å². The van der Waals surface area contributed by atoms with Gasteiger partial charge >= 0.3 is 0 Å².